The van der Waals surface area contributed by atoms with Crippen LogP contribution in [-0.4, -0.2) is 22.7 Å². The molecule has 1 N–H and O–H groups in total. The minimum Gasteiger partial charge on any atom is -0.444 e. The van der Waals surface area contributed by atoms with E-state index >= 15 is 0 Å². The third-order valence-corrected chi connectivity index (χ3v) is 6.31. The first kappa shape index (κ1) is 22.8. The molecule has 2 unspecified atom stereocenters. The van der Waals surface area contributed by atoms with Gasteiger partial charge in [-0.25, -0.2) is 9.78 Å². The lowest BCUT2D eigenvalue weighted by Crippen LogP contribution is -2.47. The van der Waals surface area contributed by atoms with E-state index in [2.05, 4.69) is 10.3 Å². The summed E-state index contributed by atoms with van der Waals surface area (Å²) in [4.78, 5) is 30.0. The van der Waals surface area contributed by atoms with Crippen LogP contribution in [0, 0.1) is 0 Å². The van der Waals surface area contributed by atoms with Gasteiger partial charge in [0, 0.05) is 23.7 Å². The first-order valence-corrected chi connectivity index (χ1v) is 11.9. The zero-order valence-electron chi connectivity index (χ0n) is 20.1. The van der Waals surface area contributed by atoms with E-state index in [-0.39, 0.29) is 17.4 Å². The number of alkyl carbamates (subject to hydrolysis) is 1. The topological polar surface area (TPSA) is 81.4 Å². The van der Waals surface area contributed by atoms with Crippen molar-refractivity contribution < 1.29 is 13.9 Å². The second kappa shape index (κ2) is 9.02. The van der Waals surface area contributed by atoms with E-state index in [4.69, 9.17) is 9.15 Å². The first-order valence-electron chi connectivity index (χ1n) is 11.9. The van der Waals surface area contributed by atoms with Gasteiger partial charge < -0.3 is 14.5 Å². The predicted octanol–water partition coefficient (Wildman–Crippen LogP) is 6.29. The maximum absolute atomic E-state index is 13.5. The van der Waals surface area contributed by atoms with Crippen molar-refractivity contribution in [1.29, 1.82) is 0 Å². The quantitative estimate of drug-likeness (QED) is 0.380. The van der Waals surface area contributed by atoms with E-state index in [9.17, 15) is 9.59 Å². The van der Waals surface area contributed by atoms with Gasteiger partial charge in [0.1, 0.15) is 11.4 Å². The number of ether oxygens (including phenoxy) is 1. The van der Waals surface area contributed by atoms with Gasteiger partial charge in [0.05, 0.1) is 10.9 Å². The number of hydrogen-bond donors (Lipinski definition) is 1. The average Bonchev–Trinajstić information content (AvgIpc) is 2.82. The molecule has 6 heteroatoms. The number of fused-ring (bicyclic) bond motifs is 1. The number of amides is 1. The van der Waals surface area contributed by atoms with Gasteiger partial charge in [-0.05, 0) is 56.9 Å². The van der Waals surface area contributed by atoms with E-state index in [0.717, 1.165) is 29.5 Å². The highest BCUT2D eigenvalue weighted by Crippen LogP contribution is 2.39. The molecule has 2 atom stereocenters. The molecular weight excluding hydrogens is 440 g/mol. The molecule has 1 amide bonds. The molecule has 178 valence electrons. The third-order valence-electron chi connectivity index (χ3n) is 6.31. The van der Waals surface area contributed by atoms with Crippen molar-refractivity contribution in [2.24, 2.45) is 0 Å². The van der Waals surface area contributed by atoms with Crippen molar-refractivity contribution >= 4 is 17.2 Å². The van der Waals surface area contributed by atoms with Crippen LogP contribution in [0.25, 0.3) is 33.6 Å². The number of nitrogens with one attached hydrogen (secondary N) is 1. The maximum Gasteiger partial charge on any atom is 0.407 e. The lowest BCUT2D eigenvalue weighted by Gasteiger charge is -2.38. The minimum absolute atomic E-state index is 0.0346. The second-order valence-corrected chi connectivity index (χ2v) is 9.92. The maximum atomic E-state index is 13.5. The number of carbonyl (C=O) groups excluding carboxylic acids is 1. The van der Waals surface area contributed by atoms with Crippen LogP contribution in [0.4, 0.5) is 4.79 Å². The Morgan fingerprint density at radius 3 is 2.37 bits per heavy atom. The number of nitrogens with zero attached hydrogens (tertiary/aromatic N) is 1. The van der Waals surface area contributed by atoms with Crippen LogP contribution in [0.5, 0.6) is 0 Å². The summed E-state index contributed by atoms with van der Waals surface area (Å²) in [5.74, 6) is 0.713. The van der Waals surface area contributed by atoms with Gasteiger partial charge in [-0.15, -0.1) is 0 Å². The molecular formula is C29H28N2O4. The minimum atomic E-state index is -0.530. The molecule has 2 heterocycles. The Hall–Kier alpha value is -3.93. The van der Waals surface area contributed by atoms with Gasteiger partial charge in [0.25, 0.3) is 0 Å². The molecule has 0 spiro atoms. The van der Waals surface area contributed by atoms with Gasteiger partial charge in [-0.3, -0.25) is 4.79 Å². The van der Waals surface area contributed by atoms with Crippen LogP contribution in [-0.2, 0) is 4.74 Å². The Kier molecular flexibility index (Phi) is 5.89. The van der Waals surface area contributed by atoms with E-state index in [1.807, 2.05) is 75.4 Å². The molecule has 0 saturated heterocycles. The summed E-state index contributed by atoms with van der Waals surface area (Å²) in [5.41, 5.74) is 2.91. The van der Waals surface area contributed by atoms with Gasteiger partial charge in [-0.1, -0.05) is 54.6 Å². The molecule has 4 aromatic rings. The number of rotatable bonds is 4. The van der Waals surface area contributed by atoms with Crippen LogP contribution in [0.2, 0.25) is 0 Å². The lowest BCUT2D eigenvalue weighted by molar-refractivity contribution is 0.0466. The van der Waals surface area contributed by atoms with Gasteiger partial charge in [0.15, 0.2) is 0 Å². The van der Waals surface area contributed by atoms with Crippen LogP contribution < -0.4 is 10.7 Å². The Labute approximate surface area is 204 Å². The summed E-state index contributed by atoms with van der Waals surface area (Å²) < 4.78 is 11.6. The molecule has 6 nitrogen and oxygen atoms in total. The molecule has 0 aliphatic heterocycles. The molecule has 2 aromatic heterocycles. The van der Waals surface area contributed by atoms with Crippen LogP contribution in [0.3, 0.4) is 0 Å². The van der Waals surface area contributed by atoms with E-state index in [0.29, 0.717) is 22.4 Å². The van der Waals surface area contributed by atoms with Crippen molar-refractivity contribution in [2.75, 3.05) is 0 Å². The molecule has 1 saturated carbocycles. The second-order valence-electron chi connectivity index (χ2n) is 9.92. The molecule has 1 aliphatic carbocycles. The van der Waals surface area contributed by atoms with E-state index in [1.165, 1.54) is 0 Å². The summed E-state index contributed by atoms with van der Waals surface area (Å²) in [6, 6.07) is 21.1. The zero-order chi connectivity index (χ0) is 24.6. The molecule has 5 rings (SSSR count). The van der Waals surface area contributed by atoms with Crippen molar-refractivity contribution in [2.45, 2.75) is 51.2 Å². The molecule has 0 bridgehead atoms. The highest BCUT2D eigenvalue weighted by Gasteiger charge is 2.34. The van der Waals surface area contributed by atoms with Crippen LogP contribution in [0.1, 0.15) is 45.1 Å². The average molecular weight is 469 g/mol. The molecule has 1 aliphatic rings. The normalized spacial score (nSPS) is 17.6. The SMILES string of the molecule is CC(C)(C)OC(=O)NC1CCC1c1ccc(-c2c(-c3ccccc3)oc3ncccc3c2=O)cc1. The number of aromatic nitrogens is 1. The largest absolute Gasteiger partial charge is 0.444 e. The zero-order valence-corrected chi connectivity index (χ0v) is 20.1. The van der Waals surface area contributed by atoms with Crippen LogP contribution >= 0.6 is 0 Å². The smallest absolute Gasteiger partial charge is 0.407 e. The molecule has 0 radical (unpaired) electrons. The van der Waals surface area contributed by atoms with E-state index < -0.39 is 11.7 Å². The van der Waals surface area contributed by atoms with Gasteiger partial charge in [0.2, 0.25) is 11.1 Å². The third kappa shape index (κ3) is 4.69. The summed E-state index contributed by atoms with van der Waals surface area (Å²) in [5, 5.41) is 3.45. The van der Waals surface area contributed by atoms with Gasteiger partial charge in [-0.2, -0.15) is 0 Å². The summed E-state index contributed by atoms with van der Waals surface area (Å²) in [6.45, 7) is 5.56. The number of benzene rings is 2. The standard InChI is InChI=1S/C29H28N2O4/c1-29(2,3)35-28(33)31-23-16-15-21(23)18-11-13-19(14-12-18)24-25(32)22-10-7-17-30-27(22)34-26(24)20-8-5-4-6-9-20/h4-14,17,21,23H,15-16H2,1-3H3,(H,31,33). The Balaban J connectivity index is 1.47. The first-order chi connectivity index (χ1) is 16.8. The fourth-order valence-electron chi connectivity index (χ4n) is 4.51. The van der Waals surface area contributed by atoms with Crippen molar-refractivity contribution in [1.82, 2.24) is 10.3 Å². The van der Waals surface area contributed by atoms with Crippen molar-refractivity contribution in [3.63, 3.8) is 0 Å². The Bertz CT molecular complexity index is 1420. The van der Waals surface area contributed by atoms with E-state index in [1.54, 1.807) is 18.3 Å². The highest BCUT2D eigenvalue weighted by molar-refractivity contribution is 5.87. The summed E-state index contributed by atoms with van der Waals surface area (Å²) >= 11 is 0. The van der Waals surface area contributed by atoms with Gasteiger partial charge >= 0.3 is 6.09 Å². The fourth-order valence-corrected chi connectivity index (χ4v) is 4.51. The number of hydrogen-bond acceptors (Lipinski definition) is 5. The Morgan fingerprint density at radius 2 is 1.71 bits per heavy atom. The monoisotopic (exact) mass is 468 g/mol. The Morgan fingerprint density at radius 1 is 0.971 bits per heavy atom. The number of pyridine rings is 1. The number of carbonyl (C=O) groups is 1. The van der Waals surface area contributed by atoms with Crippen molar-refractivity contribution in [3.8, 4) is 22.5 Å². The highest BCUT2D eigenvalue weighted by atomic mass is 16.6. The molecule has 35 heavy (non-hydrogen) atoms. The summed E-state index contributed by atoms with van der Waals surface area (Å²) in [7, 11) is 0. The lowest BCUT2D eigenvalue weighted by atomic mass is 9.75. The molecule has 1 fully saturated rings. The fraction of sp³-hybridized carbons (Fsp3) is 0.276. The van der Waals surface area contributed by atoms with Crippen molar-refractivity contribution in [3.05, 3.63) is 88.7 Å². The molecule has 2 aromatic carbocycles. The predicted molar refractivity (Wildman–Crippen MR) is 136 cm³/mol. The van der Waals surface area contributed by atoms with Crippen LogP contribution in [0.15, 0.2) is 82.1 Å². The summed E-state index contributed by atoms with van der Waals surface area (Å²) in [6.07, 6.45) is 3.12.